The minimum atomic E-state index is -4.65. The number of para-hydroxylation sites is 1. The van der Waals surface area contributed by atoms with Crippen LogP contribution in [0.3, 0.4) is 0 Å². The largest absolute Gasteiger partial charge is 0.378 e. The molecule has 0 unspecified atom stereocenters. The van der Waals surface area contributed by atoms with Crippen LogP contribution in [0.5, 0.6) is 0 Å². The van der Waals surface area contributed by atoms with Crippen LogP contribution in [0.15, 0.2) is 107 Å². The Kier molecular flexibility index (Phi) is 10.9. The number of carbonyl (C=O) groups is 2. The summed E-state index contributed by atoms with van der Waals surface area (Å²) in [6, 6.07) is 23.9. The highest BCUT2D eigenvalue weighted by Crippen LogP contribution is 2.34. The predicted octanol–water partition coefficient (Wildman–Crippen LogP) is 5.34. The summed E-state index contributed by atoms with van der Waals surface area (Å²) in [6.45, 7) is 1.59. The van der Waals surface area contributed by atoms with Crippen LogP contribution in [0.1, 0.15) is 16.8 Å². The van der Waals surface area contributed by atoms with Crippen LogP contribution in [0.4, 0.5) is 15.8 Å². The smallest absolute Gasteiger partial charge is 0.293 e. The number of rotatable bonds is 12. The van der Waals surface area contributed by atoms with Crippen LogP contribution in [0.25, 0.3) is 11.1 Å². The van der Waals surface area contributed by atoms with E-state index in [2.05, 4.69) is 5.32 Å². The number of hydrogen-bond acceptors (Lipinski definition) is 9. The third kappa shape index (κ3) is 8.73. The summed E-state index contributed by atoms with van der Waals surface area (Å²) in [7, 11) is -4.65. The van der Waals surface area contributed by atoms with Gasteiger partial charge in [0, 0.05) is 47.8 Å². The molecule has 0 bridgehead atoms. The SMILES string of the molecule is O=C(NS(=O)(=O)c1cccc([N+](=O)[O-])c1N[C@H](CSc1ccccc1)CC(=O)N1CCOCC1)c1ccc(-c2ccc(F)cc2)cc1. The zero-order valence-corrected chi connectivity index (χ0v) is 26.6. The number of thioether (sulfide) groups is 1. The summed E-state index contributed by atoms with van der Waals surface area (Å²) in [5.74, 6) is -1.28. The molecule has 244 valence electrons. The lowest BCUT2D eigenvalue weighted by Gasteiger charge is -2.29. The third-order valence-corrected chi connectivity index (χ3v) is 9.92. The summed E-state index contributed by atoms with van der Waals surface area (Å²) in [5.41, 5.74) is 0.536. The van der Waals surface area contributed by atoms with Gasteiger partial charge in [0.05, 0.1) is 18.1 Å². The molecule has 2 amide bonds. The van der Waals surface area contributed by atoms with Gasteiger partial charge in [0.25, 0.3) is 21.6 Å². The van der Waals surface area contributed by atoms with Gasteiger partial charge in [0.1, 0.15) is 16.4 Å². The Morgan fingerprint density at radius 3 is 2.19 bits per heavy atom. The first-order chi connectivity index (χ1) is 22.6. The number of halogens is 1. The van der Waals surface area contributed by atoms with Crippen molar-refractivity contribution >= 4 is 45.0 Å². The first-order valence-corrected chi connectivity index (χ1v) is 17.1. The Bertz CT molecular complexity index is 1840. The molecule has 0 saturated carbocycles. The Balaban J connectivity index is 1.40. The van der Waals surface area contributed by atoms with Crippen LogP contribution < -0.4 is 10.0 Å². The van der Waals surface area contributed by atoms with Crippen molar-refractivity contribution in [3.63, 3.8) is 0 Å². The lowest BCUT2D eigenvalue weighted by atomic mass is 10.0. The quantitative estimate of drug-likeness (QED) is 0.115. The number of carbonyl (C=O) groups excluding carboxylic acids is 2. The molecule has 2 N–H and O–H groups in total. The van der Waals surface area contributed by atoms with E-state index in [4.69, 9.17) is 4.74 Å². The zero-order chi connectivity index (χ0) is 33.4. The normalized spacial score (nSPS) is 13.9. The second-order valence-corrected chi connectivity index (χ2v) is 13.3. The van der Waals surface area contributed by atoms with Gasteiger partial charge in [-0.15, -0.1) is 11.8 Å². The Hall–Kier alpha value is -4.79. The van der Waals surface area contributed by atoms with Crippen molar-refractivity contribution in [1.29, 1.82) is 0 Å². The lowest BCUT2D eigenvalue weighted by Crippen LogP contribution is -2.43. The average molecular weight is 679 g/mol. The van der Waals surface area contributed by atoms with E-state index in [-0.39, 0.29) is 29.3 Å². The third-order valence-electron chi connectivity index (χ3n) is 7.37. The standard InChI is InChI=1S/C33H31FN4O7S2/c34-26-15-13-24(14-16-26)23-9-11-25(12-10-23)33(40)36-47(43,44)30-8-4-7-29(38(41)42)32(30)35-27(22-46-28-5-2-1-3-6-28)21-31(39)37-17-19-45-20-18-37/h1-16,27,35H,17-22H2,(H,36,40)/t27-/m0/s1. The van der Waals surface area contributed by atoms with E-state index in [0.717, 1.165) is 17.0 Å². The summed E-state index contributed by atoms with van der Waals surface area (Å²) < 4.78 is 47.9. The number of nitrogens with one attached hydrogen (secondary N) is 2. The fourth-order valence-corrected chi connectivity index (χ4v) is 7.06. The first kappa shape index (κ1) is 33.6. The molecular formula is C33H31FN4O7S2. The Morgan fingerprint density at radius 2 is 1.55 bits per heavy atom. The molecule has 1 saturated heterocycles. The monoisotopic (exact) mass is 678 g/mol. The summed E-state index contributed by atoms with van der Waals surface area (Å²) in [5, 5.41) is 15.1. The number of hydrogen-bond donors (Lipinski definition) is 2. The van der Waals surface area contributed by atoms with Crippen LogP contribution in [-0.4, -0.2) is 68.2 Å². The minimum absolute atomic E-state index is 0.0209. The molecule has 14 heteroatoms. The summed E-state index contributed by atoms with van der Waals surface area (Å²) >= 11 is 1.41. The second kappa shape index (κ2) is 15.2. The summed E-state index contributed by atoms with van der Waals surface area (Å²) in [6.07, 6.45) is -0.0713. The number of nitrogens with zero attached hydrogens (tertiary/aromatic N) is 2. The molecule has 5 rings (SSSR count). The molecule has 1 aliphatic rings. The van der Waals surface area contributed by atoms with Gasteiger partial charge in [-0.2, -0.15) is 0 Å². The number of nitro benzene ring substituents is 1. The van der Waals surface area contributed by atoms with Crippen molar-refractivity contribution in [2.24, 2.45) is 0 Å². The molecule has 0 aromatic heterocycles. The molecule has 1 fully saturated rings. The number of sulfonamides is 1. The van der Waals surface area contributed by atoms with Crippen LogP contribution >= 0.6 is 11.8 Å². The highest BCUT2D eigenvalue weighted by atomic mass is 32.2. The maximum Gasteiger partial charge on any atom is 0.293 e. The molecule has 1 atom stereocenters. The molecule has 1 aliphatic heterocycles. The fraction of sp³-hybridized carbons (Fsp3) is 0.212. The Labute approximate surface area is 275 Å². The number of nitro groups is 1. The van der Waals surface area contributed by atoms with E-state index in [1.54, 1.807) is 29.2 Å². The van der Waals surface area contributed by atoms with Gasteiger partial charge < -0.3 is 15.0 Å². The van der Waals surface area contributed by atoms with E-state index in [0.29, 0.717) is 37.4 Å². The van der Waals surface area contributed by atoms with Crippen molar-refractivity contribution in [3.8, 4) is 11.1 Å². The van der Waals surface area contributed by atoms with Crippen molar-refractivity contribution in [3.05, 3.63) is 119 Å². The van der Waals surface area contributed by atoms with E-state index >= 15 is 0 Å². The molecule has 47 heavy (non-hydrogen) atoms. The van der Waals surface area contributed by atoms with Crippen LogP contribution in [0, 0.1) is 15.9 Å². The molecule has 0 radical (unpaired) electrons. The van der Waals surface area contributed by atoms with Gasteiger partial charge in [-0.05, 0) is 53.6 Å². The lowest BCUT2D eigenvalue weighted by molar-refractivity contribution is -0.384. The van der Waals surface area contributed by atoms with Gasteiger partial charge in [-0.1, -0.05) is 48.5 Å². The van der Waals surface area contributed by atoms with E-state index in [1.807, 2.05) is 35.1 Å². The van der Waals surface area contributed by atoms with E-state index in [1.165, 1.54) is 42.1 Å². The number of morpholine rings is 1. The number of anilines is 1. The van der Waals surface area contributed by atoms with Crippen molar-refractivity contribution in [2.45, 2.75) is 22.3 Å². The molecule has 4 aromatic carbocycles. The fourth-order valence-electron chi connectivity index (χ4n) is 4.95. The predicted molar refractivity (Wildman–Crippen MR) is 176 cm³/mol. The van der Waals surface area contributed by atoms with Crippen molar-refractivity contribution in [1.82, 2.24) is 9.62 Å². The molecule has 0 spiro atoms. The Morgan fingerprint density at radius 1 is 0.915 bits per heavy atom. The van der Waals surface area contributed by atoms with Gasteiger partial charge in [0.2, 0.25) is 5.91 Å². The van der Waals surface area contributed by atoms with E-state index < -0.39 is 43.3 Å². The average Bonchev–Trinajstić information content (AvgIpc) is 3.08. The van der Waals surface area contributed by atoms with Gasteiger partial charge in [-0.3, -0.25) is 19.7 Å². The number of benzene rings is 4. The highest BCUT2D eigenvalue weighted by molar-refractivity contribution is 7.99. The molecule has 1 heterocycles. The molecule has 11 nitrogen and oxygen atoms in total. The van der Waals surface area contributed by atoms with E-state index in [9.17, 15) is 32.5 Å². The van der Waals surface area contributed by atoms with Gasteiger partial charge in [-0.25, -0.2) is 17.5 Å². The molecule has 0 aliphatic carbocycles. The van der Waals surface area contributed by atoms with Gasteiger partial charge >= 0.3 is 0 Å². The van der Waals surface area contributed by atoms with Crippen LogP contribution in [0.2, 0.25) is 0 Å². The molecular weight excluding hydrogens is 648 g/mol. The van der Waals surface area contributed by atoms with Gasteiger partial charge in [0.15, 0.2) is 0 Å². The highest BCUT2D eigenvalue weighted by Gasteiger charge is 2.31. The van der Waals surface area contributed by atoms with Crippen LogP contribution in [-0.2, 0) is 19.6 Å². The number of amides is 2. The zero-order valence-electron chi connectivity index (χ0n) is 25.0. The van der Waals surface area contributed by atoms with Crippen molar-refractivity contribution in [2.75, 3.05) is 37.4 Å². The maximum atomic E-state index is 13.6. The molecule has 4 aromatic rings. The first-order valence-electron chi connectivity index (χ1n) is 14.6. The second-order valence-electron chi connectivity index (χ2n) is 10.6. The summed E-state index contributed by atoms with van der Waals surface area (Å²) in [4.78, 5) is 39.7. The maximum absolute atomic E-state index is 13.6. The topological polar surface area (TPSA) is 148 Å². The minimum Gasteiger partial charge on any atom is -0.378 e. The number of ether oxygens (including phenoxy) is 1. The van der Waals surface area contributed by atoms with Crippen molar-refractivity contribution < 1.29 is 32.1 Å².